The number of ether oxygens (including phenoxy) is 11. The number of carbonyl (C=O) groups excluding carboxylic acids is 4. The van der Waals surface area contributed by atoms with Gasteiger partial charge in [-0.3, -0.25) is 29.4 Å². The Morgan fingerprint density at radius 3 is 1.38 bits per heavy atom. The van der Waals surface area contributed by atoms with Gasteiger partial charge in [0, 0.05) is 25.3 Å². The highest BCUT2D eigenvalue weighted by Crippen LogP contribution is 2.32. The second kappa shape index (κ2) is 34.4. The van der Waals surface area contributed by atoms with Gasteiger partial charge in [-0.25, -0.2) is 0 Å². The third kappa shape index (κ3) is 22.1. The molecule has 2 aliphatic heterocycles. The minimum Gasteiger partial charge on any atom is -0.382 e. The van der Waals surface area contributed by atoms with Crippen molar-refractivity contribution in [3.05, 3.63) is 29.3 Å². The SMILES string of the molecule is CCCCCCCOCCOCCOCCOCCOCCOCCOCCOCCOCCOCCOCCNc1cccc2c1C(=O)N(C1CCC(=O)NC1=O)C2=O. The van der Waals surface area contributed by atoms with E-state index in [0.717, 1.165) is 17.9 Å². The molecule has 2 N–H and O–H groups in total. The summed E-state index contributed by atoms with van der Waals surface area (Å²) in [6.07, 6.45) is 6.39. The summed E-state index contributed by atoms with van der Waals surface area (Å²) >= 11 is 0. The lowest BCUT2D eigenvalue weighted by molar-refractivity contribution is -0.136. The molecule has 1 aromatic rings. The molecule has 60 heavy (non-hydrogen) atoms. The summed E-state index contributed by atoms with van der Waals surface area (Å²) in [5, 5.41) is 5.34. The number of carbonyl (C=O) groups is 4. The van der Waals surface area contributed by atoms with Gasteiger partial charge < -0.3 is 57.4 Å². The molecule has 1 atom stereocenters. The first-order valence-corrected chi connectivity index (χ1v) is 21.5. The van der Waals surface area contributed by atoms with Crippen LogP contribution in [0.4, 0.5) is 5.69 Å². The van der Waals surface area contributed by atoms with Crippen molar-refractivity contribution in [1.82, 2.24) is 10.2 Å². The van der Waals surface area contributed by atoms with Gasteiger partial charge in [0.1, 0.15) is 6.04 Å². The zero-order valence-electron chi connectivity index (χ0n) is 35.6. The number of anilines is 1. The van der Waals surface area contributed by atoms with Crippen LogP contribution in [0, 0.1) is 0 Å². The summed E-state index contributed by atoms with van der Waals surface area (Å²) in [5.74, 6) is -2.17. The number of hydrogen-bond donors (Lipinski definition) is 2. The average molecular weight is 856 g/mol. The Hall–Kier alpha value is -3.14. The van der Waals surface area contributed by atoms with Gasteiger partial charge in [-0.1, -0.05) is 38.7 Å². The van der Waals surface area contributed by atoms with Crippen LogP contribution in [0.3, 0.4) is 0 Å². The van der Waals surface area contributed by atoms with Crippen LogP contribution < -0.4 is 10.6 Å². The monoisotopic (exact) mass is 855 g/mol. The normalized spacial score (nSPS) is 15.3. The predicted molar refractivity (Wildman–Crippen MR) is 219 cm³/mol. The van der Waals surface area contributed by atoms with Gasteiger partial charge in [0.2, 0.25) is 11.8 Å². The molecule has 0 aromatic heterocycles. The van der Waals surface area contributed by atoms with Crippen molar-refractivity contribution in [3.63, 3.8) is 0 Å². The van der Waals surface area contributed by atoms with Crippen molar-refractivity contribution < 1.29 is 71.3 Å². The largest absolute Gasteiger partial charge is 0.382 e. The molecule has 1 unspecified atom stereocenters. The number of rotatable bonds is 41. The maximum atomic E-state index is 13.2. The molecule has 3 rings (SSSR count). The molecular weight excluding hydrogens is 786 g/mol. The maximum absolute atomic E-state index is 13.2. The van der Waals surface area contributed by atoms with Gasteiger partial charge in [-0.05, 0) is 25.0 Å². The van der Waals surface area contributed by atoms with E-state index >= 15 is 0 Å². The van der Waals surface area contributed by atoms with E-state index in [2.05, 4.69) is 17.6 Å². The van der Waals surface area contributed by atoms with Crippen LogP contribution in [0.1, 0.15) is 72.6 Å². The van der Waals surface area contributed by atoms with E-state index in [1.807, 2.05) is 0 Å². The highest BCUT2D eigenvalue weighted by molar-refractivity contribution is 6.25. The van der Waals surface area contributed by atoms with E-state index in [4.69, 9.17) is 52.1 Å². The zero-order valence-corrected chi connectivity index (χ0v) is 35.6. The molecule has 0 radical (unpaired) electrons. The molecule has 0 bridgehead atoms. The van der Waals surface area contributed by atoms with Crippen LogP contribution in [-0.2, 0) is 61.7 Å². The number of imide groups is 2. The molecule has 2 aliphatic rings. The van der Waals surface area contributed by atoms with Gasteiger partial charge in [-0.2, -0.15) is 0 Å². The van der Waals surface area contributed by atoms with Crippen molar-refractivity contribution in [2.75, 3.05) is 157 Å². The van der Waals surface area contributed by atoms with E-state index < -0.39 is 29.7 Å². The number of unbranched alkanes of at least 4 members (excludes halogenated alkanes) is 4. The third-order valence-corrected chi connectivity index (χ3v) is 9.14. The zero-order chi connectivity index (χ0) is 42.7. The summed E-state index contributed by atoms with van der Waals surface area (Å²) in [6, 6.07) is 3.91. The first-order chi connectivity index (χ1) is 29.5. The topological polar surface area (TPSA) is 197 Å². The minimum atomic E-state index is -1.01. The molecule has 0 saturated carbocycles. The lowest BCUT2D eigenvalue weighted by Gasteiger charge is -2.27. The fraction of sp³-hybridized carbons (Fsp3) is 0.762. The Labute approximate surface area is 354 Å². The summed E-state index contributed by atoms with van der Waals surface area (Å²) in [5.41, 5.74) is 0.909. The predicted octanol–water partition coefficient (Wildman–Crippen LogP) is 2.65. The Morgan fingerprint density at radius 1 is 0.533 bits per heavy atom. The van der Waals surface area contributed by atoms with E-state index in [0.29, 0.717) is 151 Å². The standard InChI is InChI=1S/C42H69N3O15/c1-2-3-4-5-6-13-50-15-17-52-19-21-54-23-25-56-27-29-58-31-33-60-34-32-59-30-28-57-26-24-55-22-20-53-18-16-51-14-12-43-36-9-7-8-35-39(36)42(49)45(41(35)48)37-10-11-38(46)44-40(37)47/h7-9,37,43H,2-6,10-34H2,1H3,(H,44,46,47). The number of amides is 4. The van der Waals surface area contributed by atoms with E-state index in [1.54, 1.807) is 18.2 Å². The third-order valence-electron chi connectivity index (χ3n) is 9.14. The lowest BCUT2D eigenvalue weighted by Crippen LogP contribution is -2.54. The van der Waals surface area contributed by atoms with Crippen molar-refractivity contribution in [1.29, 1.82) is 0 Å². The fourth-order valence-corrected chi connectivity index (χ4v) is 6.03. The molecule has 1 saturated heterocycles. The van der Waals surface area contributed by atoms with Crippen LogP contribution in [0.5, 0.6) is 0 Å². The molecule has 4 amide bonds. The smallest absolute Gasteiger partial charge is 0.264 e. The van der Waals surface area contributed by atoms with Crippen LogP contribution >= 0.6 is 0 Å². The fourth-order valence-electron chi connectivity index (χ4n) is 6.03. The molecule has 18 heteroatoms. The number of hydrogen-bond acceptors (Lipinski definition) is 16. The quantitative estimate of drug-likeness (QED) is 0.0720. The minimum absolute atomic E-state index is 0.0658. The highest BCUT2D eigenvalue weighted by atomic mass is 16.6. The average Bonchev–Trinajstić information content (AvgIpc) is 3.50. The second-order valence-electron chi connectivity index (χ2n) is 13.8. The van der Waals surface area contributed by atoms with Crippen LogP contribution in [-0.4, -0.2) is 186 Å². The van der Waals surface area contributed by atoms with Gasteiger partial charge in [0.15, 0.2) is 0 Å². The van der Waals surface area contributed by atoms with Crippen LogP contribution in [0.15, 0.2) is 18.2 Å². The van der Waals surface area contributed by atoms with E-state index in [9.17, 15) is 19.2 Å². The molecule has 0 spiro atoms. The van der Waals surface area contributed by atoms with Crippen LogP contribution in [0.25, 0.3) is 0 Å². The molecule has 1 fully saturated rings. The van der Waals surface area contributed by atoms with E-state index in [1.165, 1.54) is 25.7 Å². The number of fused-ring (bicyclic) bond motifs is 1. The van der Waals surface area contributed by atoms with Gasteiger partial charge in [-0.15, -0.1) is 0 Å². The number of nitrogens with zero attached hydrogens (tertiary/aromatic N) is 1. The first-order valence-electron chi connectivity index (χ1n) is 21.5. The summed E-state index contributed by atoms with van der Waals surface area (Å²) in [4.78, 5) is 50.9. The number of benzene rings is 1. The Morgan fingerprint density at radius 2 is 0.950 bits per heavy atom. The van der Waals surface area contributed by atoms with Crippen LogP contribution in [0.2, 0.25) is 0 Å². The summed E-state index contributed by atoms with van der Waals surface area (Å²) in [6.45, 7) is 13.5. The molecule has 1 aromatic carbocycles. The Kier molecular flexibility index (Phi) is 29.4. The lowest BCUT2D eigenvalue weighted by atomic mass is 10.0. The van der Waals surface area contributed by atoms with E-state index in [-0.39, 0.29) is 24.0 Å². The van der Waals surface area contributed by atoms with Gasteiger partial charge in [0.25, 0.3) is 11.8 Å². The van der Waals surface area contributed by atoms with Crippen molar-refractivity contribution in [3.8, 4) is 0 Å². The molecule has 2 heterocycles. The Bertz CT molecular complexity index is 1320. The second-order valence-corrected chi connectivity index (χ2v) is 13.8. The number of nitrogens with one attached hydrogen (secondary N) is 2. The summed E-state index contributed by atoms with van der Waals surface area (Å²) < 4.78 is 60.7. The van der Waals surface area contributed by atoms with Crippen molar-refractivity contribution in [2.24, 2.45) is 0 Å². The molecule has 342 valence electrons. The van der Waals surface area contributed by atoms with Gasteiger partial charge >= 0.3 is 0 Å². The molecule has 18 nitrogen and oxygen atoms in total. The Balaban J connectivity index is 0.975. The van der Waals surface area contributed by atoms with Gasteiger partial charge in [0.05, 0.1) is 150 Å². The maximum Gasteiger partial charge on any atom is 0.264 e. The first kappa shape index (κ1) is 51.2. The molecular formula is C42H69N3O15. The highest BCUT2D eigenvalue weighted by Gasteiger charge is 2.45. The molecule has 0 aliphatic carbocycles. The van der Waals surface area contributed by atoms with Crippen molar-refractivity contribution in [2.45, 2.75) is 57.9 Å². The number of piperidine rings is 1. The van der Waals surface area contributed by atoms with Crippen molar-refractivity contribution >= 4 is 29.3 Å². The summed E-state index contributed by atoms with van der Waals surface area (Å²) in [7, 11) is 0.